The molecule has 1 rings (SSSR count). The molecule has 1 aromatic carbocycles. The topological polar surface area (TPSA) is 0 Å². The summed E-state index contributed by atoms with van der Waals surface area (Å²) in [6, 6.07) is 11.2. The molecule has 0 nitrogen and oxygen atoms in total. The molecule has 0 saturated carbocycles. The van der Waals surface area contributed by atoms with Gasteiger partial charge in [-0.25, -0.2) is 0 Å². The summed E-state index contributed by atoms with van der Waals surface area (Å²) in [4.78, 5) is 0. The van der Waals surface area contributed by atoms with E-state index in [1.54, 1.807) is 5.56 Å². The van der Waals surface area contributed by atoms with Crippen LogP contribution in [-0.2, 0) is 0 Å². The molecule has 0 aromatic heterocycles. The van der Waals surface area contributed by atoms with Crippen LogP contribution in [0.5, 0.6) is 0 Å². The Labute approximate surface area is 152 Å². The Morgan fingerprint density at radius 3 is 1.54 bits per heavy atom. The van der Waals surface area contributed by atoms with Crippen molar-refractivity contribution < 1.29 is 0 Å². The average Bonchev–Trinajstić information content (AvgIpc) is 2.63. The molecule has 0 bridgehead atoms. The van der Waals surface area contributed by atoms with Crippen LogP contribution < -0.4 is 0 Å². The van der Waals surface area contributed by atoms with Crippen LogP contribution in [0.1, 0.15) is 122 Å². The number of hydrogen-bond acceptors (Lipinski definition) is 0. The minimum absolute atomic E-state index is 0.796. The van der Waals surface area contributed by atoms with E-state index in [1.807, 2.05) is 0 Å². The number of unbranched alkanes of at least 4 members (excludes halogenated alkanes) is 11. The van der Waals surface area contributed by atoms with Crippen LogP contribution in [0.2, 0.25) is 0 Å². The molecule has 0 amide bonds. The van der Waals surface area contributed by atoms with E-state index in [-0.39, 0.29) is 0 Å². The largest absolute Gasteiger partial charge is 0.0654 e. The molecule has 0 N–H and O–H groups in total. The van der Waals surface area contributed by atoms with Gasteiger partial charge in [-0.3, -0.25) is 0 Å². The first-order valence-electron chi connectivity index (χ1n) is 10.9. The van der Waals surface area contributed by atoms with Crippen molar-refractivity contribution in [2.75, 3.05) is 0 Å². The standard InChI is InChI=1S/C24H42/c1-3-5-7-8-9-10-11-12-13-14-16-20-23(19-6-4-2)24-21-17-15-18-22-24/h15,17-18,21-23H,3-14,16,19-20H2,1-2H3. The molecule has 0 heterocycles. The van der Waals surface area contributed by atoms with E-state index in [0.29, 0.717) is 0 Å². The van der Waals surface area contributed by atoms with Gasteiger partial charge < -0.3 is 0 Å². The van der Waals surface area contributed by atoms with Crippen LogP contribution in [-0.4, -0.2) is 0 Å². The summed E-state index contributed by atoms with van der Waals surface area (Å²) in [6.07, 6.45) is 21.3. The van der Waals surface area contributed by atoms with Crippen LogP contribution in [0.3, 0.4) is 0 Å². The summed E-state index contributed by atoms with van der Waals surface area (Å²) >= 11 is 0. The molecular weight excluding hydrogens is 288 g/mol. The Hall–Kier alpha value is -0.780. The Bertz CT molecular complexity index is 354. The maximum atomic E-state index is 2.33. The molecule has 0 heteroatoms. The Kier molecular flexibility index (Phi) is 13.9. The zero-order valence-electron chi connectivity index (χ0n) is 16.6. The van der Waals surface area contributed by atoms with E-state index >= 15 is 0 Å². The van der Waals surface area contributed by atoms with Crippen molar-refractivity contribution in [2.24, 2.45) is 0 Å². The van der Waals surface area contributed by atoms with Gasteiger partial charge in [-0.15, -0.1) is 0 Å². The zero-order valence-corrected chi connectivity index (χ0v) is 16.6. The van der Waals surface area contributed by atoms with Gasteiger partial charge in [0.2, 0.25) is 0 Å². The third-order valence-corrected chi connectivity index (χ3v) is 5.33. The summed E-state index contributed by atoms with van der Waals surface area (Å²) in [5.41, 5.74) is 1.57. The predicted molar refractivity (Wildman–Crippen MR) is 110 cm³/mol. The fourth-order valence-corrected chi connectivity index (χ4v) is 3.71. The summed E-state index contributed by atoms with van der Waals surface area (Å²) in [6.45, 7) is 4.61. The Morgan fingerprint density at radius 2 is 1.00 bits per heavy atom. The smallest absolute Gasteiger partial charge is 0.0162 e. The van der Waals surface area contributed by atoms with E-state index < -0.39 is 0 Å². The second-order valence-electron chi connectivity index (χ2n) is 7.57. The van der Waals surface area contributed by atoms with Crippen LogP contribution in [0.4, 0.5) is 0 Å². The predicted octanol–water partition coefficient (Wildman–Crippen LogP) is 8.66. The van der Waals surface area contributed by atoms with Gasteiger partial charge in [0.15, 0.2) is 0 Å². The fourth-order valence-electron chi connectivity index (χ4n) is 3.71. The molecule has 0 saturated heterocycles. The molecule has 0 aliphatic rings. The fraction of sp³-hybridized carbons (Fsp3) is 0.750. The van der Waals surface area contributed by atoms with Crippen molar-refractivity contribution in [1.82, 2.24) is 0 Å². The zero-order chi connectivity index (χ0) is 17.3. The normalized spacial score (nSPS) is 12.4. The van der Waals surface area contributed by atoms with Crippen molar-refractivity contribution >= 4 is 0 Å². The van der Waals surface area contributed by atoms with E-state index in [0.717, 1.165) is 5.92 Å². The Morgan fingerprint density at radius 1 is 0.542 bits per heavy atom. The highest BCUT2D eigenvalue weighted by Crippen LogP contribution is 2.28. The van der Waals surface area contributed by atoms with Crippen LogP contribution >= 0.6 is 0 Å². The van der Waals surface area contributed by atoms with Crippen molar-refractivity contribution in [3.05, 3.63) is 35.9 Å². The molecule has 138 valence electrons. The van der Waals surface area contributed by atoms with E-state index in [4.69, 9.17) is 0 Å². The van der Waals surface area contributed by atoms with Gasteiger partial charge >= 0.3 is 0 Å². The quantitative estimate of drug-likeness (QED) is 0.266. The summed E-state index contributed by atoms with van der Waals surface area (Å²) < 4.78 is 0. The van der Waals surface area contributed by atoms with Crippen LogP contribution in [0, 0.1) is 0 Å². The summed E-state index contributed by atoms with van der Waals surface area (Å²) in [5.74, 6) is 0.796. The van der Waals surface area contributed by atoms with Crippen molar-refractivity contribution in [1.29, 1.82) is 0 Å². The van der Waals surface area contributed by atoms with Crippen LogP contribution in [0.15, 0.2) is 30.3 Å². The maximum absolute atomic E-state index is 2.33. The molecule has 0 radical (unpaired) electrons. The number of benzene rings is 1. The monoisotopic (exact) mass is 330 g/mol. The minimum atomic E-state index is 0.796. The van der Waals surface area contributed by atoms with Crippen molar-refractivity contribution in [3.63, 3.8) is 0 Å². The van der Waals surface area contributed by atoms with Gasteiger partial charge in [0.1, 0.15) is 0 Å². The molecular formula is C24H42. The Balaban J connectivity index is 2.04. The lowest BCUT2D eigenvalue weighted by atomic mass is 9.88. The number of rotatable bonds is 16. The molecule has 0 aliphatic heterocycles. The van der Waals surface area contributed by atoms with Gasteiger partial charge in [-0.2, -0.15) is 0 Å². The lowest BCUT2D eigenvalue weighted by Crippen LogP contribution is -1.99. The van der Waals surface area contributed by atoms with Gasteiger partial charge in [-0.05, 0) is 24.3 Å². The highest BCUT2D eigenvalue weighted by atomic mass is 14.1. The SMILES string of the molecule is CCCCCCCCCCCCCC(CCCC)c1ccccc1. The average molecular weight is 331 g/mol. The highest BCUT2D eigenvalue weighted by molar-refractivity contribution is 5.19. The van der Waals surface area contributed by atoms with Gasteiger partial charge in [0.25, 0.3) is 0 Å². The summed E-state index contributed by atoms with van der Waals surface area (Å²) in [7, 11) is 0. The molecule has 0 fully saturated rings. The summed E-state index contributed by atoms with van der Waals surface area (Å²) in [5, 5.41) is 0. The molecule has 1 atom stereocenters. The van der Waals surface area contributed by atoms with Crippen molar-refractivity contribution in [2.45, 2.75) is 116 Å². The van der Waals surface area contributed by atoms with Gasteiger partial charge in [0, 0.05) is 0 Å². The molecule has 0 spiro atoms. The highest BCUT2D eigenvalue weighted by Gasteiger charge is 2.10. The number of hydrogen-bond donors (Lipinski definition) is 0. The van der Waals surface area contributed by atoms with Gasteiger partial charge in [-0.1, -0.05) is 128 Å². The molecule has 1 aromatic rings. The maximum Gasteiger partial charge on any atom is -0.0162 e. The van der Waals surface area contributed by atoms with Crippen molar-refractivity contribution in [3.8, 4) is 0 Å². The first-order chi connectivity index (χ1) is 11.9. The van der Waals surface area contributed by atoms with E-state index in [1.165, 1.54) is 96.3 Å². The third-order valence-electron chi connectivity index (χ3n) is 5.33. The first kappa shape index (κ1) is 21.3. The third kappa shape index (κ3) is 10.9. The minimum Gasteiger partial charge on any atom is -0.0654 e. The molecule has 0 aliphatic carbocycles. The van der Waals surface area contributed by atoms with Crippen LogP contribution in [0.25, 0.3) is 0 Å². The lowest BCUT2D eigenvalue weighted by Gasteiger charge is -2.17. The van der Waals surface area contributed by atoms with E-state index in [2.05, 4.69) is 44.2 Å². The lowest BCUT2D eigenvalue weighted by molar-refractivity contribution is 0.496. The second-order valence-corrected chi connectivity index (χ2v) is 7.57. The van der Waals surface area contributed by atoms with E-state index in [9.17, 15) is 0 Å². The van der Waals surface area contributed by atoms with Gasteiger partial charge in [0.05, 0.1) is 0 Å². The second kappa shape index (κ2) is 15.7. The molecule has 1 unspecified atom stereocenters. The molecule has 24 heavy (non-hydrogen) atoms. The first-order valence-corrected chi connectivity index (χ1v) is 10.9.